The molecule has 0 aliphatic heterocycles. The van der Waals surface area contributed by atoms with Gasteiger partial charge < -0.3 is 35.3 Å². The van der Waals surface area contributed by atoms with E-state index in [1.165, 1.54) is 17.7 Å². The van der Waals surface area contributed by atoms with Crippen molar-refractivity contribution in [1.29, 1.82) is 0 Å². The van der Waals surface area contributed by atoms with Gasteiger partial charge in [0.1, 0.15) is 24.0 Å². The zero-order valence-electron chi connectivity index (χ0n) is 26.3. The van der Waals surface area contributed by atoms with E-state index in [1.54, 1.807) is 19.1 Å². The molecule has 11 heteroatoms. The number of phenols is 1. The number of benzene rings is 1. The number of nitrogens with one attached hydrogen (secondary N) is 1. The molecule has 3 saturated carbocycles. The number of amides is 1. The zero-order valence-corrected chi connectivity index (χ0v) is 26.3. The summed E-state index contributed by atoms with van der Waals surface area (Å²) >= 11 is 0. The number of esters is 1. The van der Waals surface area contributed by atoms with Gasteiger partial charge in [0, 0.05) is 11.8 Å². The van der Waals surface area contributed by atoms with Crippen LogP contribution in [0.15, 0.2) is 41.1 Å². The Morgan fingerprint density at radius 2 is 1.84 bits per heavy atom. The molecule has 8 atom stereocenters. The largest absolute Gasteiger partial charge is 0.508 e. The third-order valence-electron chi connectivity index (χ3n) is 11.3. The fraction of sp³-hybridized carbons (Fsp3) is 0.647. The van der Waals surface area contributed by atoms with Crippen molar-refractivity contribution in [2.45, 2.75) is 89.9 Å². The minimum Gasteiger partial charge on any atom is -0.508 e. The van der Waals surface area contributed by atoms with Gasteiger partial charge in [-0.15, -0.1) is 0 Å². The van der Waals surface area contributed by atoms with Crippen LogP contribution in [0.3, 0.4) is 0 Å². The molecule has 1 amide bonds. The molecule has 246 valence electrons. The number of phenolic OH excluding ortho intramolecular Hbond substituents is 1. The van der Waals surface area contributed by atoms with E-state index < -0.39 is 47.4 Å². The summed E-state index contributed by atoms with van der Waals surface area (Å²) in [4.78, 5) is 43.3. The summed E-state index contributed by atoms with van der Waals surface area (Å²) in [5, 5.41) is 49.0. The van der Waals surface area contributed by atoms with Crippen LogP contribution >= 0.6 is 0 Å². The SMILES string of the molecule is CCOC(=O)[C@@H](Cc1ccc(O)cc1)NC(=O)CON=C1C=C2CC[C@@H]3[C@H]([C@@H](O)C[C@@]4(C)[C@@H]3CC[C@]4(O)C(=O)CO)[C@]2(C)CC1. The lowest BCUT2D eigenvalue weighted by atomic mass is 9.45. The van der Waals surface area contributed by atoms with Crippen LogP contribution in [0.1, 0.15) is 71.3 Å². The zero-order chi connectivity index (χ0) is 32.6. The van der Waals surface area contributed by atoms with Crippen LogP contribution in [0.25, 0.3) is 0 Å². The summed E-state index contributed by atoms with van der Waals surface area (Å²) in [6.07, 6.45) is 5.76. The molecule has 0 unspecified atom stereocenters. The van der Waals surface area contributed by atoms with E-state index >= 15 is 0 Å². The Hall–Kier alpha value is -3.28. The quantitative estimate of drug-likeness (QED) is 0.193. The van der Waals surface area contributed by atoms with Crippen LogP contribution in [0.5, 0.6) is 5.75 Å². The van der Waals surface area contributed by atoms with Gasteiger partial charge in [-0.1, -0.05) is 36.7 Å². The van der Waals surface area contributed by atoms with Crippen molar-refractivity contribution in [3.05, 3.63) is 41.5 Å². The highest BCUT2D eigenvalue weighted by molar-refractivity contribution is 5.96. The minimum absolute atomic E-state index is 0.0243. The van der Waals surface area contributed by atoms with Gasteiger partial charge in [0.2, 0.25) is 0 Å². The second-order valence-electron chi connectivity index (χ2n) is 13.7. The number of carbonyl (C=O) groups is 3. The van der Waals surface area contributed by atoms with E-state index in [-0.39, 0.29) is 48.6 Å². The van der Waals surface area contributed by atoms with Gasteiger partial charge in [-0.25, -0.2) is 4.79 Å². The van der Waals surface area contributed by atoms with Crippen LogP contribution < -0.4 is 5.32 Å². The average molecular weight is 627 g/mol. The first-order valence-corrected chi connectivity index (χ1v) is 16.0. The third-order valence-corrected chi connectivity index (χ3v) is 11.3. The topological polar surface area (TPSA) is 175 Å². The second-order valence-corrected chi connectivity index (χ2v) is 13.7. The Balaban J connectivity index is 1.23. The minimum atomic E-state index is -1.62. The molecule has 1 aromatic rings. The van der Waals surface area contributed by atoms with E-state index in [9.17, 15) is 34.8 Å². The lowest BCUT2D eigenvalue weighted by Crippen LogP contribution is -2.62. The number of oxime groups is 1. The number of ether oxygens (including phenoxy) is 1. The monoisotopic (exact) mass is 626 g/mol. The Labute approximate surface area is 263 Å². The van der Waals surface area contributed by atoms with Crippen molar-refractivity contribution >= 4 is 23.4 Å². The molecule has 0 saturated heterocycles. The Bertz CT molecular complexity index is 1360. The molecule has 45 heavy (non-hydrogen) atoms. The van der Waals surface area contributed by atoms with E-state index in [4.69, 9.17) is 9.57 Å². The predicted octanol–water partition coefficient (Wildman–Crippen LogP) is 2.58. The molecule has 5 rings (SSSR count). The van der Waals surface area contributed by atoms with Crippen LogP contribution in [-0.4, -0.2) is 81.4 Å². The van der Waals surface area contributed by atoms with Crippen molar-refractivity contribution in [3.8, 4) is 5.75 Å². The van der Waals surface area contributed by atoms with Gasteiger partial charge in [-0.05, 0) is 98.8 Å². The van der Waals surface area contributed by atoms with Gasteiger partial charge in [0.25, 0.3) is 5.91 Å². The lowest BCUT2D eigenvalue weighted by molar-refractivity contribution is -0.181. The van der Waals surface area contributed by atoms with Gasteiger partial charge in [-0.2, -0.15) is 0 Å². The number of nitrogens with zero attached hydrogens (tertiary/aromatic N) is 1. The first-order chi connectivity index (χ1) is 21.4. The number of rotatable bonds is 10. The maximum Gasteiger partial charge on any atom is 0.328 e. The number of allylic oxidation sites excluding steroid dienone is 2. The van der Waals surface area contributed by atoms with Gasteiger partial charge in [0.15, 0.2) is 12.4 Å². The lowest BCUT2D eigenvalue weighted by Gasteiger charge is -2.60. The molecular formula is C34H46N2O9. The van der Waals surface area contributed by atoms with Gasteiger partial charge in [0.05, 0.1) is 18.4 Å². The first-order valence-electron chi connectivity index (χ1n) is 16.0. The third kappa shape index (κ3) is 6.02. The summed E-state index contributed by atoms with van der Waals surface area (Å²) in [6.45, 7) is 4.87. The number of aromatic hydroxyl groups is 1. The number of aliphatic hydroxyl groups is 3. The molecule has 1 aromatic carbocycles. The highest BCUT2D eigenvalue weighted by atomic mass is 16.6. The molecule has 0 spiro atoms. The number of aliphatic hydroxyl groups excluding tert-OH is 2. The molecule has 4 aliphatic rings. The highest BCUT2D eigenvalue weighted by Crippen LogP contribution is 2.67. The first kappa shape index (κ1) is 33.1. The fourth-order valence-corrected chi connectivity index (χ4v) is 9.08. The summed E-state index contributed by atoms with van der Waals surface area (Å²) in [5.41, 5.74) is -0.0411. The molecule has 4 aliphatic carbocycles. The Morgan fingerprint density at radius 1 is 1.11 bits per heavy atom. The van der Waals surface area contributed by atoms with Crippen molar-refractivity contribution in [2.75, 3.05) is 19.8 Å². The molecule has 0 heterocycles. The van der Waals surface area contributed by atoms with Crippen LogP contribution in [0.4, 0.5) is 0 Å². The van der Waals surface area contributed by atoms with Gasteiger partial charge >= 0.3 is 5.97 Å². The summed E-state index contributed by atoms with van der Waals surface area (Å²) in [6, 6.07) is 5.44. The summed E-state index contributed by atoms with van der Waals surface area (Å²) in [5.74, 6) is -1.34. The van der Waals surface area contributed by atoms with Crippen LogP contribution in [0.2, 0.25) is 0 Å². The standard InChI is InChI=1S/C34H46N2O9/c1-4-44-31(42)26(15-20-5-8-23(38)9-6-20)35-29(41)19-45-36-22-11-13-32(2)21(16-22)7-10-24-25-12-14-34(43,28(40)18-37)33(25,3)17-27(39)30(24)32/h5-6,8-9,16,24-27,30,37-39,43H,4,7,10-15,17-19H2,1-3H3,(H,35,41)/t24-,25+,26+,27-,30+,32+,33-,34-/m0/s1. The number of Topliss-reactive ketones (excluding diaryl/α,β-unsaturated/α-hetero) is 1. The molecule has 3 fully saturated rings. The Morgan fingerprint density at radius 3 is 2.53 bits per heavy atom. The van der Waals surface area contributed by atoms with Crippen LogP contribution in [0, 0.1) is 28.6 Å². The normalized spacial score (nSPS) is 35.3. The molecule has 0 aromatic heterocycles. The van der Waals surface area contributed by atoms with Crippen molar-refractivity contribution in [2.24, 2.45) is 33.7 Å². The summed E-state index contributed by atoms with van der Waals surface area (Å²) in [7, 11) is 0. The number of fused-ring (bicyclic) bond motifs is 5. The summed E-state index contributed by atoms with van der Waals surface area (Å²) < 4.78 is 5.13. The highest BCUT2D eigenvalue weighted by Gasteiger charge is 2.68. The van der Waals surface area contributed by atoms with Crippen molar-refractivity contribution < 1.29 is 44.4 Å². The number of hydrogen-bond acceptors (Lipinski definition) is 10. The predicted molar refractivity (Wildman–Crippen MR) is 164 cm³/mol. The Kier molecular flexibility index (Phi) is 9.45. The molecular weight excluding hydrogens is 580 g/mol. The fourth-order valence-electron chi connectivity index (χ4n) is 9.08. The van der Waals surface area contributed by atoms with Crippen molar-refractivity contribution in [1.82, 2.24) is 5.32 Å². The molecule has 5 N–H and O–H groups in total. The molecule has 11 nitrogen and oxygen atoms in total. The number of carbonyl (C=O) groups excluding carboxylic acids is 3. The average Bonchev–Trinajstić information content (AvgIpc) is 3.28. The van der Waals surface area contributed by atoms with E-state index in [2.05, 4.69) is 17.4 Å². The number of hydrogen-bond donors (Lipinski definition) is 5. The van der Waals surface area contributed by atoms with E-state index in [0.29, 0.717) is 31.4 Å². The number of ketones is 1. The smallest absolute Gasteiger partial charge is 0.328 e. The van der Waals surface area contributed by atoms with Crippen LogP contribution in [-0.2, 0) is 30.4 Å². The van der Waals surface area contributed by atoms with Gasteiger partial charge in [-0.3, -0.25) is 9.59 Å². The van der Waals surface area contributed by atoms with E-state index in [1.807, 2.05) is 13.0 Å². The van der Waals surface area contributed by atoms with E-state index in [0.717, 1.165) is 24.8 Å². The maximum atomic E-state index is 12.7. The van der Waals surface area contributed by atoms with Crippen molar-refractivity contribution in [3.63, 3.8) is 0 Å². The molecule has 0 bridgehead atoms. The molecule has 0 radical (unpaired) electrons. The maximum absolute atomic E-state index is 12.7. The second kappa shape index (κ2) is 12.8.